The maximum atomic E-state index is 8.86. The topological polar surface area (TPSA) is 29.5 Å². The highest BCUT2D eigenvalue weighted by Gasteiger charge is 2.11. The zero-order chi connectivity index (χ0) is 8.20. The van der Waals surface area contributed by atoms with Gasteiger partial charge in [-0.3, -0.25) is 0 Å². The van der Waals surface area contributed by atoms with E-state index in [9.17, 15) is 0 Å². The molecule has 0 spiro atoms. The van der Waals surface area contributed by atoms with E-state index in [4.69, 9.17) is 16.3 Å². The van der Waals surface area contributed by atoms with E-state index < -0.39 is 6.10 Å². The van der Waals surface area contributed by atoms with E-state index in [0.29, 0.717) is 0 Å². The van der Waals surface area contributed by atoms with Crippen LogP contribution < -0.4 is 0 Å². The zero-order valence-electron chi connectivity index (χ0n) is 6.72. The molecule has 2 heteroatoms. The first kappa shape index (κ1) is 9.48. The minimum atomic E-state index is -0.778. The van der Waals surface area contributed by atoms with Crippen LogP contribution in [0.4, 0.5) is 0 Å². The van der Waals surface area contributed by atoms with Gasteiger partial charge in [0.15, 0.2) is 0 Å². The lowest BCUT2D eigenvalue weighted by atomic mass is 10.2. The van der Waals surface area contributed by atoms with Crippen LogP contribution in [0.15, 0.2) is 0 Å². The number of hydrogen-bond acceptors (Lipinski definition) is 2. The van der Waals surface area contributed by atoms with Crippen LogP contribution >= 0.6 is 0 Å². The second kappa shape index (κ2) is 3.60. The fraction of sp³-hybridized carbons (Fsp3) is 0.750. The quantitative estimate of drug-likeness (QED) is 0.578. The summed E-state index contributed by atoms with van der Waals surface area (Å²) in [6.07, 6.45) is 4.14. The maximum absolute atomic E-state index is 8.86. The van der Waals surface area contributed by atoms with Gasteiger partial charge in [-0.2, -0.15) is 0 Å². The Morgan fingerprint density at radius 3 is 2.40 bits per heavy atom. The largest absolute Gasteiger partial charge is 0.378 e. The average Bonchev–Trinajstić information content (AvgIpc) is 1.81. The van der Waals surface area contributed by atoms with Gasteiger partial charge in [0.25, 0.3) is 0 Å². The molecule has 0 fully saturated rings. The second-order valence-corrected chi connectivity index (χ2v) is 3.11. The van der Waals surface area contributed by atoms with Crippen molar-refractivity contribution in [2.24, 2.45) is 0 Å². The molecule has 1 atom stereocenters. The average molecular weight is 142 g/mol. The Morgan fingerprint density at radius 2 is 2.10 bits per heavy atom. The van der Waals surface area contributed by atoms with E-state index >= 15 is 0 Å². The van der Waals surface area contributed by atoms with Crippen molar-refractivity contribution in [2.45, 2.75) is 32.5 Å². The fourth-order valence-corrected chi connectivity index (χ4v) is 0.377. The van der Waals surface area contributed by atoms with E-state index in [2.05, 4.69) is 5.92 Å². The predicted molar refractivity (Wildman–Crippen MR) is 40.5 cm³/mol. The highest BCUT2D eigenvalue weighted by Crippen LogP contribution is 2.06. The number of terminal acetylenes is 1. The first-order chi connectivity index (χ1) is 4.45. The Labute approximate surface area is 62.2 Å². The summed E-state index contributed by atoms with van der Waals surface area (Å²) in [5.41, 5.74) is -0.224. The molecule has 0 saturated carbocycles. The predicted octanol–water partition coefficient (Wildman–Crippen LogP) is 0.796. The van der Waals surface area contributed by atoms with Crippen molar-refractivity contribution in [3.63, 3.8) is 0 Å². The van der Waals surface area contributed by atoms with Crippen LogP contribution in [0.5, 0.6) is 0 Å². The first-order valence-electron chi connectivity index (χ1n) is 3.24. The lowest BCUT2D eigenvalue weighted by Gasteiger charge is -2.19. The van der Waals surface area contributed by atoms with E-state index in [0.717, 1.165) is 0 Å². The molecule has 2 nitrogen and oxygen atoms in total. The molecule has 0 radical (unpaired) electrons. The number of aliphatic hydroxyl groups excluding tert-OH is 1. The van der Waals surface area contributed by atoms with Gasteiger partial charge in [-0.05, 0) is 20.8 Å². The van der Waals surface area contributed by atoms with E-state index in [-0.39, 0.29) is 12.2 Å². The van der Waals surface area contributed by atoms with Crippen LogP contribution in [0.25, 0.3) is 0 Å². The summed E-state index contributed by atoms with van der Waals surface area (Å²) >= 11 is 0. The SMILES string of the molecule is C#C[C@@H](O)COC(C)(C)C. The van der Waals surface area contributed by atoms with Crippen LogP contribution in [0, 0.1) is 12.3 Å². The third-order valence-corrected chi connectivity index (χ3v) is 0.867. The van der Waals surface area contributed by atoms with Gasteiger partial charge in [-0.15, -0.1) is 6.42 Å². The Morgan fingerprint density at radius 1 is 1.60 bits per heavy atom. The van der Waals surface area contributed by atoms with Gasteiger partial charge in [-0.25, -0.2) is 0 Å². The van der Waals surface area contributed by atoms with Crippen molar-refractivity contribution in [2.75, 3.05) is 6.61 Å². The summed E-state index contributed by atoms with van der Waals surface area (Å²) in [6.45, 7) is 5.95. The summed E-state index contributed by atoms with van der Waals surface area (Å²) in [5.74, 6) is 2.17. The van der Waals surface area contributed by atoms with Crippen LogP contribution in [-0.2, 0) is 4.74 Å². The standard InChI is InChI=1S/C8H14O2/c1-5-7(9)6-10-8(2,3)4/h1,7,9H,6H2,2-4H3/t7-/m1/s1. The molecule has 0 heterocycles. The molecular formula is C8H14O2. The van der Waals surface area contributed by atoms with Gasteiger partial charge >= 0.3 is 0 Å². The normalized spacial score (nSPS) is 14.3. The van der Waals surface area contributed by atoms with Crippen molar-refractivity contribution in [3.05, 3.63) is 0 Å². The maximum Gasteiger partial charge on any atom is 0.137 e. The molecule has 0 saturated heterocycles. The summed E-state index contributed by atoms with van der Waals surface area (Å²) in [4.78, 5) is 0. The molecule has 0 bridgehead atoms. The van der Waals surface area contributed by atoms with Gasteiger partial charge in [0.2, 0.25) is 0 Å². The Hall–Kier alpha value is -0.520. The second-order valence-electron chi connectivity index (χ2n) is 3.11. The molecule has 1 N–H and O–H groups in total. The molecule has 0 aliphatic carbocycles. The lowest BCUT2D eigenvalue weighted by molar-refractivity contribution is -0.0345. The molecule has 0 aromatic rings. The third kappa shape index (κ3) is 5.61. The summed E-state index contributed by atoms with van der Waals surface area (Å²) in [5, 5.41) is 8.86. The molecule has 0 amide bonds. The number of hydrogen-bond donors (Lipinski definition) is 1. The van der Waals surface area contributed by atoms with Crippen molar-refractivity contribution < 1.29 is 9.84 Å². The lowest BCUT2D eigenvalue weighted by Crippen LogP contribution is -2.25. The molecule has 0 aliphatic rings. The number of aliphatic hydroxyl groups is 1. The number of ether oxygens (including phenoxy) is 1. The summed E-state index contributed by atoms with van der Waals surface area (Å²) < 4.78 is 5.19. The molecule has 10 heavy (non-hydrogen) atoms. The molecule has 0 unspecified atom stereocenters. The molecule has 0 aromatic carbocycles. The minimum Gasteiger partial charge on any atom is -0.378 e. The Kier molecular flexibility index (Phi) is 3.41. The summed E-state index contributed by atoms with van der Waals surface area (Å²) in [7, 11) is 0. The molecule has 58 valence electrons. The zero-order valence-corrected chi connectivity index (χ0v) is 6.72. The minimum absolute atomic E-state index is 0.208. The molecule has 0 aromatic heterocycles. The van der Waals surface area contributed by atoms with E-state index in [1.165, 1.54) is 0 Å². The highest BCUT2D eigenvalue weighted by molar-refractivity contribution is 4.93. The van der Waals surface area contributed by atoms with E-state index in [1.807, 2.05) is 20.8 Å². The monoisotopic (exact) mass is 142 g/mol. The molecule has 0 rings (SSSR count). The van der Waals surface area contributed by atoms with Gasteiger partial charge in [0, 0.05) is 0 Å². The van der Waals surface area contributed by atoms with Crippen LogP contribution in [0.3, 0.4) is 0 Å². The van der Waals surface area contributed by atoms with Gasteiger partial charge in [-0.1, -0.05) is 5.92 Å². The smallest absolute Gasteiger partial charge is 0.137 e. The Balaban J connectivity index is 3.48. The van der Waals surface area contributed by atoms with Crippen molar-refractivity contribution in [1.29, 1.82) is 0 Å². The molecule has 0 aliphatic heterocycles. The van der Waals surface area contributed by atoms with Crippen molar-refractivity contribution >= 4 is 0 Å². The fourth-order valence-electron chi connectivity index (χ4n) is 0.377. The Bertz CT molecular complexity index is 127. The summed E-state index contributed by atoms with van der Waals surface area (Å²) in [6, 6.07) is 0. The van der Waals surface area contributed by atoms with Crippen LogP contribution in [0.2, 0.25) is 0 Å². The van der Waals surface area contributed by atoms with Gasteiger partial charge in [0.1, 0.15) is 6.10 Å². The first-order valence-corrected chi connectivity index (χ1v) is 3.24. The van der Waals surface area contributed by atoms with E-state index in [1.54, 1.807) is 0 Å². The highest BCUT2D eigenvalue weighted by atomic mass is 16.5. The van der Waals surface area contributed by atoms with Crippen LogP contribution in [-0.4, -0.2) is 23.4 Å². The van der Waals surface area contributed by atoms with Crippen LogP contribution in [0.1, 0.15) is 20.8 Å². The third-order valence-electron chi connectivity index (χ3n) is 0.867. The molecular weight excluding hydrogens is 128 g/mol. The van der Waals surface area contributed by atoms with Crippen molar-refractivity contribution in [1.82, 2.24) is 0 Å². The van der Waals surface area contributed by atoms with Gasteiger partial charge < -0.3 is 9.84 Å². The van der Waals surface area contributed by atoms with Gasteiger partial charge in [0.05, 0.1) is 12.2 Å². The number of rotatable bonds is 2. The van der Waals surface area contributed by atoms with Crippen molar-refractivity contribution in [3.8, 4) is 12.3 Å².